The second-order valence-electron chi connectivity index (χ2n) is 6.18. The Morgan fingerprint density at radius 1 is 1.17 bits per heavy atom. The van der Waals surface area contributed by atoms with Gasteiger partial charge in [0.2, 0.25) is 5.95 Å². The average Bonchev–Trinajstić information content (AvgIpc) is 3.43. The van der Waals surface area contributed by atoms with Gasteiger partial charge in [-0.1, -0.05) is 17.7 Å². The van der Waals surface area contributed by atoms with E-state index in [1.807, 2.05) is 12.1 Å². The fraction of sp³-hybridized carbons (Fsp3) is 0.100. The van der Waals surface area contributed by atoms with E-state index in [4.69, 9.17) is 21.1 Å². The predicted octanol–water partition coefficient (Wildman–Crippen LogP) is 3.58. The number of hydrogen-bond acceptors (Lipinski definition) is 6. The third-order valence-corrected chi connectivity index (χ3v) is 4.53. The zero-order valence-corrected chi connectivity index (χ0v) is 16.8. The van der Waals surface area contributed by atoms with E-state index in [0.717, 1.165) is 5.69 Å². The van der Waals surface area contributed by atoms with Crippen LogP contribution in [0.1, 0.15) is 10.4 Å². The first-order valence-corrected chi connectivity index (χ1v) is 9.22. The van der Waals surface area contributed by atoms with Crippen molar-refractivity contribution < 1.29 is 14.3 Å². The van der Waals surface area contributed by atoms with Gasteiger partial charge in [0.15, 0.2) is 5.82 Å². The minimum absolute atomic E-state index is 0.128. The Bertz CT molecular complexity index is 1200. The van der Waals surface area contributed by atoms with Crippen molar-refractivity contribution in [2.24, 2.45) is 0 Å². The van der Waals surface area contributed by atoms with E-state index in [9.17, 15) is 4.79 Å². The van der Waals surface area contributed by atoms with Crippen LogP contribution in [-0.4, -0.2) is 45.1 Å². The molecular weight excluding hydrogens is 408 g/mol. The first kappa shape index (κ1) is 19.5. The zero-order valence-electron chi connectivity index (χ0n) is 16.1. The number of amides is 1. The molecule has 30 heavy (non-hydrogen) atoms. The minimum Gasteiger partial charge on any atom is -0.497 e. The van der Waals surface area contributed by atoms with E-state index in [-0.39, 0.29) is 5.95 Å². The third-order valence-electron chi connectivity index (χ3n) is 4.29. The molecule has 0 fully saturated rings. The Labute approximate surface area is 176 Å². The molecule has 0 unspecified atom stereocenters. The van der Waals surface area contributed by atoms with Crippen LogP contribution in [0.2, 0.25) is 5.02 Å². The molecule has 152 valence electrons. The summed E-state index contributed by atoms with van der Waals surface area (Å²) in [6.07, 6.45) is 3.05. The van der Waals surface area contributed by atoms with Crippen LogP contribution >= 0.6 is 11.6 Å². The fourth-order valence-electron chi connectivity index (χ4n) is 2.81. The van der Waals surface area contributed by atoms with Crippen LogP contribution in [0.3, 0.4) is 0 Å². The summed E-state index contributed by atoms with van der Waals surface area (Å²) >= 11 is 6.01. The second-order valence-corrected chi connectivity index (χ2v) is 6.62. The highest BCUT2D eigenvalue weighted by atomic mass is 35.5. The number of ether oxygens (including phenoxy) is 2. The Morgan fingerprint density at radius 2 is 2.03 bits per heavy atom. The molecule has 0 spiro atoms. The number of hydrogen-bond donors (Lipinski definition) is 2. The summed E-state index contributed by atoms with van der Waals surface area (Å²) in [7, 11) is 3.12. The molecular formula is C20H17ClN6O3. The summed E-state index contributed by atoms with van der Waals surface area (Å²) in [5, 5.41) is 14.3. The highest BCUT2D eigenvalue weighted by molar-refractivity contribution is 6.30. The molecule has 0 saturated heterocycles. The Hall–Kier alpha value is -3.85. The summed E-state index contributed by atoms with van der Waals surface area (Å²) in [6, 6.07) is 12.5. The maximum absolute atomic E-state index is 12.6. The number of nitrogens with one attached hydrogen (secondary N) is 2. The van der Waals surface area contributed by atoms with Crippen molar-refractivity contribution in [2.75, 3.05) is 19.5 Å². The minimum atomic E-state index is -0.393. The summed E-state index contributed by atoms with van der Waals surface area (Å²) < 4.78 is 12.1. The van der Waals surface area contributed by atoms with Crippen molar-refractivity contribution in [1.29, 1.82) is 0 Å². The van der Waals surface area contributed by atoms with Gasteiger partial charge in [-0.15, -0.1) is 5.10 Å². The van der Waals surface area contributed by atoms with Crippen LogP contribution in [0, 0.1) is 0 Å². The number of anilines is 1. The average molecular weight is 425 g/mol. The topological polar surface area (TPSA) is 107 Å². The van der Waals surface area contributed by atoms with Crippen molar-refractivity contribution >= 4 is 23.5 Å². The maximum atomic E-state index is 12.6. The lowest BCUT2D eigenvalue weighted by Gasteiger charge is -2.07. The summed E-state index contributed by atoms with van der Waals surface area (Å²) in [5.74, 6) is 1.39. The zero-order chi connectivity index (χ0) is 21.1. The molecule has 0 bridgehead atoms. The predicted molar refractivity (Wildman–Crippen MR) is 111 cm³/mol. The van der Waals surface area contributed by atoms with Crippen LogP contribution in [0.25, 0.3) is 17.1 Å². The molecule has 0 radical (unpaired) electrons. The van der Waals surface area contributed by atoms with E-state index in [1.165, 1.54) is 6.20 Å². The molecule has 0 aliphatic heterocycles. The molecule has 4 rings (SSSR count). The van der Waals surface area contributed by atoms with Gasteiger partial charge in [0, 0.05) is 17.3 Å². The van der Waals surface area contributed by atoms with Crippen molar-refractivity contribution in [1.82, 2.24) is 25.0 Å². The summed E-state index contributed by atoms with van der Waals surface area (Å²) in [6.45, 7) is 0. The molecule has 10 heteroatoms. The molecule has 1 amide bonds. The Kier molecular flexibility index (Phi) is 5.36. The van der Waals surface area contributed by atoms with Crippen LogP contribution in [0.5, 0.6) is 11.5 Å². The van der Waals surface area contributed by atoms with E-state index in [2.05, 4.69) is 25.6 Å². The molecule has 2 aromatic heterocycles. The first-order valence-electron chi connectivity index (χ1n) is 8.84. The Balaban J connectivity index is 1.51. The quantitative estimate of drug-likeness (QED) is 0.490. The van der Waals surface area contributed by atoms with E-state index in [0.29, 0.717) is 33.5 Å². The van der Waals surface area contributed by atoms with Gasteiger partial charge >= 0.3 is 0 Å². The van der Waals surface area contributed by atoms with Crippen LogP contribution < -0.4 is 14.8 Å². The van der Waals surface area contributed by atoms with Crippen molar-refractivity contribution in [3.05, 3.63) is 65.4 Å². The van der Waals surface area contributed by atoms with Crippen molar-refractivity contribution in [3.8, 4) is 28.6 Å². The highest BCUT2D eigenvalue weighted by Crippen LogP contribution is 2.31. The maximum Gasteiger partial charge on any atom is 0.261 e. The molecule has 0 atom stereocenters. The monoisotopic (exact) mass is 424 g/mol. The van der Waals surface area contributed by atoms with Crippen molar-refractivity contribution in [2.45, 2.75) is 0 Å². The molecule has 4 aromatic rings. The summed E-state index contributed by atoms with van der Waals surface area (Å²) in [5.41, 5.74) is 1.77. The van der Waals surface area contributed by atoms with Gasteiger partial charge in [-0.3, -0.25) is 15.2 Å². The number of H-pyrrole nitrogens is 1. The number of aromatic nitrogens is 5. The lowest BCUT2D eigenvalue weighted by molar-refractivity contribution is 0.102. The van der Waals surface area contributed by atoms with Crippen molar-refractivity contribution in [3.63, 3.8) is 0 Å². The number of halogens is 1. The number of nitrogens with zero attached hydrogens (tertiary/aromatic N) is 4. The van der Waals surface area contributed by atoms with Gasteiger partial charge in [-0.2, -0.15) is 10.1 Å². The second kappa shape index (κ2) is 8.26. The van der Waals surface area contributed by atoms with Gasteiger partial charge in [-0.05, 0) is 30.3 Å². The fourth-order valence-corrected chi connectivity index (χ4v) is 2.99. The third kappa shape index (κ3) is 3.96. The standard InChI is InChI=1S/C20H17ClN6O3/c1-29-15-6-7-16(17(9-15)30-2)18-23-20(26-25-18)24-19(28)12-10-22-27(11-12)14-5-3-4-13(21)8-14/h3-11H,1-2H3,(H2,23,24,25,26,28). The van der Waals surface area contributed by atoms with E-state index in [1.54, 1.807) is 55.4 Å². The number of benzene rings is 2. The normalized spacial score (nSPS) is 10.6. The smallest absolute Gasteiger partial charge is 0.261 e. The van der Waals surface area contributed by atoms with E-state index < -0.39 is 5.91 Å². The lowest BCUT2D eigenvalue weighted by Crippen LogP contribution is -2.12. The highest BCUT2D eigenvalue weighted by Gasteiger charge is 2.15. The first-order chi connectivity index (χ1) is 14.6. The number of carbonyl (C=O) groups is 1. The van der Waals surface area contributed by atoms with Gasteiger partial charge in [0.1, 0.15) is 11.5 Å². The molecule has 2 heterocycles. The molecule has 9 nitrogen and oxygen atoms in total. The Morgan fingerprint density at radius 3 is 2.80 bits per heavy atom. The lowest BCUT2D eigenvalue weighted by atomic mass is 10.2. The van der Waals surface area contributed by atoms with Gasteiger partial charge in [0.05, 0.1) is 37.2 Å². The van der Waals surface area contributed by atoms with Gasteiger partial charge in [-0.25, -0.2) is 4.68 Å². The van der Waals surface area contributed by atoms with Gasteiger partial charge < -0.3 is 9.47 Å². The molecule has 2 aromatic carbocycles. The number of rotatable bonds is 6. The molecule has 0 aliphatic rings. The van der Waals surface area contributed by atoms with Gasteiger partial charge in [0.25, 0.3) is 5.91 Å². The SMILES string of the molecule is COc1ccc(-c2nc(NC(=O)c3cnn(-c4cccc(Cl)c4)c3)n[nH]2)c(OC)c1. The number of carbonyl (C=O) groups excluding carboxylic acids is 1. The summed E-state index contributed by atoms with van der Waals surface area (Å²) in [4.78, 5) is 16.9. The van der Waals surface area contributed by atoms with Crippen LogP contribution in [-0.2, 0) is 0 Å². The molecule has 0 saturated carbocycles. The molecule has 0 aliphatic carbocycles. The van der Waals surface area contributed by atoms with Crippen LogP contribution in [0.4, 0.5) is 5.95 Å². The number of methoxy groups -OCH3 is 2. The molecule has 2 N–H and O–H groups in total. The van der Waals surface area contributed by atoms with E-state index >= 15 is 0 Å². The number of aromatic amines is 1. The van der Waals surface area contributed by atoms with Crippen LogP contribution in [0.15, 0.2) is 54.9 Å². The largest absolute Gasteiger partial charge is 0.497 e.